The van der Waals surface area contributed by atoms with Crippen LogP contribution in [0.2, 0.25) is 0 Å². The van der Waals surface area contributed by atoms with E-state index in [-0.39, 0.29) is 17.6 Å². The van der Waals surface area contributed by atoms with E-state index in [4.69, 9.17) is 14.5 Å². The van der Waals surface area contributed by atoms with Gasteiger partial charge < -0.3 is 29.9 Å². The minimum Gasteiger partial charge on any atom is -0.450 e. The average molecular weight is 546 g/mol. The zero-order valence-corrected chi connectivity index (χ0v) is 22.8. The van der Waals surface area contributed by atoms with Crippen molar-refractivity contribution in [2.75, 3.05) is 57.8 Å². The van der Waals surface area contributed by atoms with Crippen molar-refractivity contribution >= 4 is 34.9 Å². The van der Waals surface area contributed by atoms with Gasteiger partial charge in [-0.25, -0.2) is 9.31 Å². The minimum atomic E-state index is -0.284. The number of piperidine rings is 1. The van der Waals surface area contributed by atoms with E-state index < -0.39 is 0 Å². The van der Waals surface area contributed by atoms with Crippen molar-refractivity contribution in [1.29, 1.82) is 0 Å². The quantitative estimate of drug-likeness (QED) is 0.502. The highest BCUT2D eigenvalue weighted by Crippen LogP contribution is 2.29. The molecule has 0 aliphatic carbocycles. The van der Waals surface area contributed by atoms with Gasteiger partial charge in [0.2, 0.25) is 5.95 Å². The normalized spacial score (nSPS) is 19.0. The molecule has 40 heavy (non-hydrogen) atoms. The summed E-state index contributed by atoms with van der Waals surface area (Å²) in [6.07, 6.45) is 6.05. The molecule has 2 aromatic heterocycles. The highest BCUT2D eigenvalue weighted by Gasteiger charge is 2.38. The van der Waals surface area contributed by atoms with Crippen LogP contribution < -0.4 is 10.6 Å². The highest BCUT2D eigenvalue weighted by molar-refractivity contribution is 5.94. The van der Waals surface area contributed by atoms with Crippen LogP contribution in [0.5, 0.6) is 0 Å². The summed E-state index contributed by atoms with van der Waals surface area (Å²) in [6, 6.07) is 11.4. The number of amides is 2. The Morgan fingerprint density at radius 1 is 1.12 bits per heavy atom. The fourth-order valence-electron chi connectivity index (χ4n) is 5.66. The highest BCUT2D eigenvalue weighted by atomic mass is 16.6. The first-order valence-corrected chi connectivity index (χ1v) is 14.0. The standard InChI is InChI=1S/C29H35N7O4/c1-2-39-28(38)35-15-9-21(10-16-35)24-4-3-14-36-25(24)32-27(33-36)31-23-7-5-22(6-8-23)26(37)34-17-11-29(12-18-34)20-30-13-19-40-29/h3-9,14,30H,2,10-13,15-20H2,1H3,(H,31,33). The molecule has 1 spiro atoms. The van der Waals surface area contributed by atoms with Crippen LogP contribution in [0, 0.1) is 0 Å². The SMILES string of the molecule is CCOC(=O)N1CC=C(c2cccn3nc(Nc4ccc(C(=O)N5CCC6(CC5)CNCCO6)cc4)nc23)CC1. The number of carbonyl (C=O) groups is 2. The molecule has 3 aromatic rings. The Morgan fingerprint density at radius 2 is 1.95 bits per heavy atom. The number of hydrogen-bond acceptors (Lipinski definition) is 8. The molecular formula is C29H35N7O4. The van der Waals surface area contributed by atoms with Crippen molar-refractivity contribution in [2.45, 2.75) is 31.8 Å². The molecule has 0 saturated carbocycles. The summed E-state index contributed by atoms with van der Waals surface area (Å²) in [7, 11) is 0. The third-order valence-corrected chi connectivity index (χ3v) is 7.93. The van der Waals surface area contributed by atoms with Crippen LogP contribution in [0.4, 0.5) is 16.4 Å². The molecule has 0 bridgehead atoms. The molecule has 3 aliphatic rings. The molecule has 0 unspecified atom stereocenters. The first-order chi connectivity index (χ1) is 19.5. The lowest BCUT2D eigenvalue weighted by Gasteiger charge is -2.44. The number of rotatable bonds is 5. The Hall–Kier alpha value is -3.96. The number of carbonyl (C=O) groups excluding carboxylic acids is 2. The molecule has 0 atom stereocenters. The first-order valence-electron chi connectivity index (χ1n) is 14.0. The van der Waals surface area contributed by atoms with Gasteiger partial charge in [-0.1, -0.05) is 6.08 Å². The molecule has 2 N–H and O–H groups in total. The van der Waals surface area contributed by atoms with E-state index >= 15 is 0 Å². The van der Waals surface area contributed by atoms with E-state index in [0.29, 0.717) is 50.7 Å². The van der Waals surface area contributed by atoms with Crippen LogP contribution in [0.3, 0.4) is 0 Å². The summed E-state index contributed by atoms with van der Waals surface area (Å²) in [5.74, 6) is 0.515. The summed E-state index contributed by atoms with van der Waals surface area (Å²) in [6.45, 7) is 7.17. The van der Waals surface area contributed by atoms with Crippen molar-refractivity contribution < 1.29 is 19.1 Å². The summed E-state index contributed by atoms with van der Waals surface area (Å²) in [5.41, 5.74) is 4.20. The minimum absolute atomic E-state index is 0.0444. The average Bonchev–Trinajstić information content (AvgIpc) is 3.41. The Labute approximate surface area is 233 Å². The number of nitrogens with zero attached hydrogens (tertiary/aromatic N) is 5. The Bertz CT molecular complexity index is 1400. The second-order valence-corrected chi connectivity index (χ2v) is 10.5. The lowest BCUT2D eigenvalue weighted by molar-refractivity contribution is -0.0954. The van der Waals surface area contributed by atoms with Crippen molar-refractivity contribution in [1.82, 2.24) is 29.7 Å². The van der Waals surface area contributed by atoms with Gasteiger partial charge >= 0.3 is 6.09 Å². The fourth-order valence-corrected chi connectivity index (χ4v) is 5.66. The zero-order valence-electron chi connectivity index (χ0n) is 22.8. The van der Waals surface area contributed by atoms with Gasteiger partial charge in [-0.3, -0.25) is 4.79 Å². The maximum atomic E-state index is 13.1. The number of benzene rings is 1. The van der Waals surface area contributed by atoms with Gasteiger partial charge in [0.25, 0.3) is 5.91 Å². The molecule has 11 nitrogen and oxygen atoms in total. The third-order valence-electron chi connectivity index (χ3n) is 7.93. The second kappa shape index (κ2) is 11.3. The van der Waals surface area contributed by atoms with E-state index in [9.17, 15) is 9.59 Å². The Kier molecular flexibility index (Phi) is 7.40. The largest absolute Gasteiger partial charge is 0.450 e. The summed E-state index contributed by atoms with van der Waals surface area (Å²) in [4.78, 5) is 33.5. The molecule has 2 fully saturated rings. The van der Waals surface area contributed by atoms with Gasteiger partial charge in [-0.05, 0) is 68.2 Å². The van der Waals surface area contributed by atoms with Gasteiger partial charge in [0.1, 0.15) is 0 Å². The predicted molar refractivity (Wildman–Crippen MR) is 151 cm³/mol. The number of pyridine rings is 1. The lowest BCUT2D eigenvalue weighted by atomic mass is 9.89. The maximum Gasteiger partial charge on any atom is 0.410 e. The monoisotopic (exact) mass is 545 g/mol. The molecule has 2 amide bonds. The van der Waals surface area contributed by atoms with Gasteiger partial charge in [0.15, 0.2) is 5.65 Å². The van der Waals surface area contributed by atoms with E-state index in [1.165, 1.54) is 0 Å². The molecular weight excluding hydrogens is 510 g/mol. The summed E-state index contributed by atoms with van der Waals surface area (Å²) in [5, 5.41) is 11.3. The second-order valence-electron chi connectivity index (χ2n) is 10.5. The molecule has 3 aliphatic heterocycles. The van der Waals surface area contributed by atoms with Crippen molar-refractivity contribution in [3.63, 3.8) is 0 Å². The summed E-state index contributed by atoms with van der Waals surface area (Å²) >= 11 is 0. The predicted octanol–water partition coefficient (Wildman–Crippen LogP) is 3.31. The molecule has 6 rings (SSSR count). The molecule has 5 heterocycles. The van der Waals surface area contributed by atoms with Crippen LogP contribution in [0.25, 0.3) is 11.2 Å². The summed E-state index contributed by atoms with van der Waals surface area (Å²) < 4.78 is 12.9. The number of likely N-dealkylation sites (tertiary alicyclic amines) is 1. The lowest BCUT2D eigenvalue weighted by Crippen LogP contribution is -2.56. The number of nitrogens with one attached hydrogen (secondary N) is 2. The number of ether oxygens (including phenoxy) is 2. The zero-order chi connectivity index (χ0) is 27.5. The van der Waals surface area contributed by atoms with E-state index in [1.807, 2.05) is 54.4 Å². The number of anilines is 2. The van der Waals surface area contributed by atoms with Gasteiger partial charge in [-0.2, -0.15) is 4.98 Å². The number of aromatic nitrogens is 3. The van der Waals surface area contributed by atoms with E-state index in [0.717, 1.165) is 55.0 Å². The Morgan fingerprint density at radius 3 is 2.65 bits per heavy atom. The van der Waals surface area contributed by atoms with Crippen molar-refractivity contribution in [2.24, 2.45) is 0 Å². The van der Waals surface area contributed by atoms with Crippen LogP contribution in [0.1, 0.15) is 42.1 Å². The third kappa shape index (κ3) is 5.39. The molecule has 11 heteroatoms. The smallest absolute Gasteiger partial charge is 0.410 e. The van der Waals surface area contributed by atoms with Crippen LogP contribution in [-0.2, 0) is 9.47 Å². The van der Waals surface area contributed by atoms with Crippen molar-refractivity contribution in [3.8, 4) is 0 Å². The number of fused-ring (bicyclic) bond motifs is 1. The van der Waals surface area contributed by atoms with Crippen LogP contribution in [0.15, 0.2) is 48.7 Å². The number of morpholine rings is 1. The Balaban J connectivity index is 1.10. The van der Waals surface area contributed by atoms with Crippen LogP contribution >= 0.6 is 0 Å². The maximum absolute atomic E-state index is 13.1. The first kappa shape index (κ1) is 26.3. The van der Waals surface area contributed by atoms with Gasteiger partial charge in [0.05, 0.1) is 18.8 Å². The molecule has 210 valence electrons. The van der Waals surface area contributed by atoms with E-state index in [1.54, 1.807) is 9.42 Å². The number of hydrogen-bond donors (Lipinski definition) is 2. The fraction of sp³-hybridized carbons (Fsp3) is 0.448. The van der Waals surface area contributed by atoms with Crippen LogP contribution in [-0.4, -0.2) is 94.5 Å². The topological polar surface area (TPSA) is 113 Å². The van der Waals surface area contributed by atoms with E-state index in [2.05, 4.69) is 21.8 Å². The van der Waals surface area contributed by atoms with Gasteiger partial charge in [0, 0.05) is 62.3 Å². The van der Waals surface area contributed by atoms with Gasteiger partial charge in [-0.15, -0.1) is 5.10 Å². The molecule has 1 aromatic carbocycles. The molecule has 2 saturated heterocycles. The van der Waals surface area contributed by atoms with Crippen molar-refractivity contribution in [3.05, 3.63) is 59.8 Å². The molecule has 0 radical (unpaired) electrons.